The summed E-state index contributed by atoms with van der Waals surface area (Å²) >= 11 is 0. The van der Waals surface area contributed by atoms with Crippen LogP contribution in [0, 0.1) is 18.3 Å². The van der Waals surface area contributed by atoms with Crippen LogP contribution in [0.25, 0.3) is 0 Å². The van der Waals surface area contributed by atoms with E-state index in [2.05, 4.69) is 66.8 Å². The van der Waals surface area contributed by atoms with Gasteiger partial charge in [0.15, 0.2) is 0 Å². The SMILES string of the molecule is Cc1ccccc1C1(c2ccccc2)CNC(c2cccc(C#N)c2)=N1. The van der Waals surface area contributed by atoms with E-state index >= 15 is 0 Å². The van der Waals surface area contributed by atoms with Crippen LogP contribution >= 0.6 is 0 Å². The molecule has 0 aliphatic carbocycles. The van der Waals surface area contributed by atoms with Crippen molar-refractivity contribution in [2.45, 2.75) is 12.5 Å². The Morgan fingerprint density at radius 1 is 0.962 bits per heavy atom. The molecule has 1 heterocycles. The lowest BCUT2D eigenvalue weighted by atomic mass is 9.81. The second-order valence-corrected chi connectivity index (χ2v) is 6.55. The van der Waals surface area contributed by atoms with E-state index in [1.54, 1.807) is 0 Å². The number of aliphatic imine (C=N–C) groups is 1. The van der Waals surface area contributed by atoms with Gasteiger partial charge in [0, 0.05) is 12.1 Å². The predicted octanol–water partition coefficient (Wildman–Crippen LogP) is 4.16. The molecule has 1 aliphatic heterocycles. The molecule has 0 spiro atoms. The summed E-state index contributed by atoms with van der Waals surface area (Å²) in [5.41, 5.74) is 4.69. The highest BCUT2D eigenvalue weighted by atomic mass is 15.1. The number of rotatable bonds is 3. The quantitative estimate of drug-likeness (QED) is 0.780. The molecular weight excluding hydrogens is 318 g/mol. The Labute approximate surface area is 153 Å². The van der Waals surface area contributed by atoms with Crippen molar-refractivity contribution in [2.75, 3.05) is 6.54 Å². The monoisotopic (exact) mass is 337 g/mol. The topological polar surface area (TPSA) is 48.2 Å². The number of nitrogens with one attached hydrogen (secondary N) is 1. The number of benzene rings is 3. The molecule has 3 aromatic rings. The molecule has 0 radical (unpaired) electrons. The predicted molar refractivity (Wildman–Crippen MR) is 104 cm³/mol. The molecule has 1 N–H and O–H groups in total. The van der Waals surface area contributed by atoms with Crippen LogP contribution in [0.1, 0.15) is 27.8 Å². The second-order valence-electron chi connectivity index (χ2n) is 6.55. The lowest BCUT2D eigenvalue weighted by Crippen LogP contribution is -2.32. The molecule has 0 saturated heterocycles. The van der Waals surface area contributed by atoms with Crippen molar-refractivity contribution in [3.63, 3.8) is 0 Å². The molecule has 3 heteroatoms. The molecule has 1 unspecified atom stereocenters. The van der Waals surface area contributed by atoms with Gasteiger partial charge in [0.05, 0.1) is 11.6 Å². The van der Waals surface area contributed by atoms with E-state index in [-0.39, 0.29) is 0 Å². The summed E-state index contributed by atoms with van der Waals surface area (Å²) in [6.07, 6.45) is 0. The largest absolute Gasteiger partial charge is 0.367 e. The fraction of sp³-hybridized carbons (Fsp3) is 0.130. The summed E-state index contributed by atoms with van der Waals surface area (Å²) in [4.78, 5) is 5.16. The van der Waals surface area contributed by atoms with E-state index < -0.39 is 5.54 Å². The molecule has 3 aromatic carbocycles. The molecule has 3 nitrogen and oxygen atoms in total. The molecule has 126 valence electrons. The minimum absolute atomic E-state index is 0.468. The van der Waals surface area contributed by atoms with Crippen molar-refractivity contribution in [2.24, 2.45) is 4.99 Å². The van der Waals surface area contributed by atoms with Crippen LogP contribution in [0.4, 0.5) is 0 Å². The van der Waals surface area contributed by atoms with Crippen molar-refractivity contribution < 1.29 is 0 Å². The number of nitrogens with zero attached hydrogens (tertiary/aromatic N) is 2. The maximum atomic E-state index is 9.19. The van der Waals surface area contributed by atoms with Crippen LogP contribution in [0.3, 0.4) is 0 Å². The van der Waals surface area contributed by atoms with Gasteiger partial charge >= 0.3 is 0 Å². The smallest absolute Gasteiger partial charge is 0.130 e. The summed E-state index contributed by atoms with van der Waals surface area (Å²) in [6, 6.07) is 28.6. The number of amidine groups is 1. The fourth-order valence-corrected chi connectivity index (χ4v) is 3.61. The van der Waals surface area contributed by atoms with Crippen LogP contribution in [0.5, 0.6) is 0 Å². The summed E-state index contributed by atoms with van der Waals surface area (Å²) in [5, 5.41) is 12.7. The highest BCUT2D eigenvalue weighted by Crippen LogP contribution is 2.38. The zero-order valence-electron chi connectivity index (χ0n) is 14.6. The van der Waals surface area contributed by atoms with Gasteiger partial charge in [-0.15, -0.1) is 0 Å². The summed E-state index contributed by atoms with van der Waals surface area (Å²) in [6.45, 7) is 2.82. The molecule has 0 aromatic heterocycles. The number of aryl methyl sites for hydroxylation is 1. The van der Waals surface area contributed by atoms with Crippen LogP contribution in [-0.2, 0) is 5.54 Å². The van der Waals surface area contributed by atoms with Gasteiger partial charge in [-0.05, 0) is 35.7 Å². The van der Waals surface area contributed by atoms with E-state index in [0.29, 0.717) is 12.1 Å². The number of hydrogen-bond donors (Lipinski definition) is 1. The Balaban J connectivity index is 1.90. The maximum absolute atomic E-state index is 9.19. The van der Waals surface area contributed by atoms with Gasteiger partial charge in [0.1, 0.15) is 11.4 Å². The first kappa shape index (κ1) is 16.1. The van der Waals surface area contributed by atoms with Gasteiger partial charge in [-0.2, -0.15) is 5.26 Å². The highest BCUT2D eigenvalue weighted by molar-refractivity contribution is 6.01. The van der Waals surface area contributed by atoms with Crippen molar-refractivity contribution in [1.29, 1.82) is 5.26 Å². The highest BCUT2D eigenvalue weighted by Gasteiger charge is 2.39. The molecule has 1 aliphatic rings. The lowest BCUT2D eigenvalue weighted by Gasteiger charge is -2.28. The van der Waals surface area contributed by atoms with E-state index in [9.17, 15) is 5.26 Å². The van der Waals surface area contributed by atoms with Gasteiger partial charge < -0.3 is 5.32 Å². The molecular formula is C23H19N3. The van der Waals surface area contributed by atoms with Crippen molar-refractivity contribution in [3.05, 3.63) is 107 Å². The fourth-order valence-electron chi connectivity index (χ4n) is 3.61. The van der Waals surface area contributed by atoms with E-state index in [4.69, 9.17) is 4.99 Å². The Morgan fingerprint density at radius 2 is 1.73 bits per heavy atom. The Bertz CT molecular complexity index is 1010. The first-order chi connectivity index (χ1) is 12.7. The molecule has 0 amide bonds. The van der Waals surface area contributed by atoms with Crippen LogP contribution in [0.15, 0.2) is 83.9 Å². The second kappa shape index (κ2) is 6.50. The molecule has 26 heavy (non-hydrogen) atoms. The third kappa shape index (κ3) is 2.66. The average Bonchev–Trinajstić information content (AvgIpc) is 3.15. The van der Waals surface area contributed by atoms with Gasteiger partial charge in [-0.1, -0.05) is 66.7 Å². The molecule has 0 bridgehead atoms. The number of hydrogen-bond acceptors (Lipinski definition) is 3. The minimum atomic E-state index is -0.468. The molecule has 0 saturated carbocycles. The van der Waals surface area contributed by atoms with E-state index in [0.717, 1.165) is 17.0 Å². The van der Waals surface area contributed by atoms with Crippen molar-refractivity contribution >= 4 is 5.84 Å². The normalized spacial score (nSPS) is 18.7. The first-order valence-electron chi connectivity index (χ1n) is 8.69. The first-order valence-corrected chi connectivity index (χ1v) is 8.69. The van der Waals surface area contributed by atoms with Gasteiger partial charge in [0.2, 0.25) is 0 Å². The van der Waals surface area contributed by atoms with Gasteiger partial charge in [-0.25, -0.2) is 4.99 Å². The Morgan fingerprint density at radius 3 is 2.50 bits per heavy atom. The van der Waals surface area contributed by atoms with E-state index in [1.165, 1.54) is 11.1 Å². The zero-order chi connectivity index (χ0) is 18.0. The van der Waals surface area contributed by atoms with Gasteiger partial charge in [0.25, 0.3) is 0 Å². The van der Waals surface area contributed by atoms with Crippen molar-refractivity contribution in [1.82, 2.24) is 5.32 Å². The number of nitriles is 1. The molecule has 0 fully saturated rings. The minimum Gasteiger partial charge on any atom is -0.367 e. The van der Waals surface area contributed by atoms with Crippen LogP contribution in [0.2, 0.25) is 0 Å². The Kier molecular flexibility index (Phi) is 4.02. The molecule has 1 atom stereocenters. The van der Waals surface area contributed by atoms with Gasteiger partial charge in [-0.3, -0.25) is 0 Å². The van der Waals surface area contributed by atoms with Crippen LogP contribution in [-0.4, -0.2) is 12.4 Å². The standard InChI is InChI=1S/C23H19N3/c1-17-8-5-6-13-21(17)23(20-11-3-2-4-12-20)16-25-22(26-23)19-10-7-9-18(14-19)15-24/h2-14H,16H2,1H3,(H,25,26). The van der Waals surface area contributed by atoms with Crippen molar-refractivity contribution in [3.8, 4) is 6.07 Å². The average molecular weight is 337 g/mol. The third-order valence-corrected chi connectivity index (χ3v) is 4.92. The summed E-state index contributed by atoms with van der Waals surface area (Å²) in [7, 11) is 0. The Hall–Kier alpha value is -3.38. The third-order valence-electron chi connectivity index (χ3n) is 4.92. The zero-order valence-corrected chi connectivity index (χ0v) is 14.6. The summed E-state index contributed by atoms with van der Waals surface area (Å²) < 4.78 is 0. The van der Waals surface area contributed by atoms with Crippen LogP contribution < -0.4 is 5.32 Å². The van der Waals surface area contributed by atoms with E-state index in [1.807, 2.05) is 30.3 Å². The lowest BCUT2D eigenvalue weighted by molar-refractivity contribution is 0.565. The maximum Gasteiger partial charge on any atom is 0.130 e. The summed E-state index contributed by atoms with van der Waals surface area (Å²) in [5.74, 6) is 0.828. The molecule has 4 rings (SSSR count).